The van der Waals surface area contributed by atoms with Gasteiger partial charge in [0.2, 0.25) is 5.82 Å². The van der Waals surface area contributed by atoms with Gasteiger partial charge in [-0.3, -0.25) is 0 Å². The van der Waals surface area contributed by atoms with Crippen LogP contribution in [-0.4, -0.2) is 39.8 Å². The Hall–Kier alpha value is -2.21. The number of nitrogens with one attached hydrogen (secondary N) is 1. The van der Waals surface area contributed by atoms with Crippen molar-refractivity contribution in [2.45, 2.75) is 31.9 Å². The number of benzene rings is 1. The first-order valence-corrected chi connectivity index (χ1v) is 7.05. The van der Waals surface area contributed by atoms with E-state index in [1.54, 1.807) is 6.07 Å². The quantitative estimate of drug-likeness (QED) is 0.878. The lowest BCUT2D eigenvalue weighted by Crippen LogP contribution is -2.41. The van der Waals surface area contributed by atoms with E-state index in [9.17, 15) is 4.79 Å². The number of carboxylic acids is 1. The zero-order chi connectivity index (χ0) is 14.8. The summed E-state index contributed by atoms with van der Waals surface area (Å²) in [4.78, 5) is 19.3. The molecule has 2 aromatic rings. The largest absolute Gasteiger partial charge is 0.475 e. The van der Waals surface area contributed by atoms with Gasteiger partial charge < -0.3 is 15.2 Å². The number of carboxylic acid groups (broad SMARTS) is 1. The molecule has 1 saturated carbocycles. The number of hydrogen-bond donors (Lipinski definition) is 2. The second-order valence-corrected chi connectivity index (χ2v) is 5.11. The van der Waals surface area contributed by atoms with Crippen molar-refractivity contribution in [1.29, 1.82) is 0 Å². The van der Waals surface area contributed by atoms with Gasteiger partial charge in [0, 0.05) is 18.0 Å². The molecule has 0 bridgehead atoms. The lowest BCUT2D eigenvalue weighted by molar-refractivity contribution is 0.00293. The van der Waals surface area contributed by atoms with E-state index < -0.39 is 5.97 Å². The number of fused-ring (bicyclic) bond motifs is 1. The van der Waals surface area contributed by atoms with Crippen molar-refractivity contribution >= 4 is 22.7 Å². The molecule has 1 aromatic carbocycles. The van der Waals surface area contributed by atoms with Gasteiger partial charge in [0.1, 0.15) is 5.82 Å². The minimum atomic E-state index is -1.12. The predicted molar refractivity (Wildman–Crippen MR) is 78.6 cm³/mol. The maximum absolute atomic E-state index is 11.1. The van der Waals surface area contributed by atoms with E-state index in [1.165, 1.54) is 0 Å². The van der Waals surface area contributed by atoms with E-state index in [2.05, 4.69) is 15.3 Å². The molecular formula is C15H17N3O3. The van der Waals surface area contributed by atoms with Crippen molar-refractivity contribution in [2.24, 2.45) is 0 Å². The molecule has 1 fully saturated rings. The summed E-state index contributed by atoms with van der Waals surface area (Å²) in [6.07, 6.45) is 2.11. The summed E-state index contributed by atoms with van der Waals surface area (Å²) in [5.74, 6) is -0.723. The molecule has 1 aromatic heterocycles. The Kier molecular flexibility index (Phi) is 3.70. The lowest BCUT2D eigenvalue weighted by atomic mass is 9.89. The number of aromatic nitrogens is 2. The maximum Gasteiger partial charge on any atom is 0.374 e. The molecule has 110 valence electrons. The molecule has 21 heavy (non-hydrogen) atoms. The van der Waals surface area contributed by atoms with Crippen molar-refractivity contribution in [1.82, 2.24) is 9.97 Å². The van der Waals surface area contributed by atoms with Crippen LogP contribution in [0.2, 0.25) is 0 Å². The van der Waals surface area contributed by atoms with Gasteiger partial charge >= 0.3 is 5.97 Å². The predicted octanol–water partition coefficient (Wildman–Crippen LogP) is 2.31. The van der Waals surface area contributed by atoms with E-state index in [-0.39, 0.29) is 11.9 Å². The molecule has 1 aliphatic carbocycles. The third kappa shape index (κ3) is 2.80. The number of rotatable bonds is 5. The van der Waals surface area contributed by atoms with Crippen LogP contribution in [0.5, 0.6) is 0 Å². The first-order chi connectivity index (χ1) is 10.2. The average Bonchev–Trinajstić information content (AvgIpc) is 2.44. The lowest BCUT2D eigenvalue weighted by Gasteiger charge is -2.35. The highest BCUT2D eigenvalue weighted by Crippen LogP contribution is 2.29. The van der Waals surface area contributed by atoms with Crippen molar-refractivity contribution in [2.75, 3.05) is 11.9 Å². The maximum atomic E-state index is 11.1. The zero-order valence-electron chi connectivity index (χ0n) is 11.7. The molecule has 1 aliphatic rings. The third-order valence-electron chi connectivity index (χ3n) is 3.63. The van der Waals surface area contributed by atoms with Crippen LogP contribution in [0.1, 0.15) is 30.4 Å². The highest BCUT2D eigenvalue weighted by atomic mass is 16.5. The van der Waals surface area contributed by atoms with Crippen molar-refractivity contribution < 1.29 is 14.6 Å². The Morgan fingerprint density at radius 2 is 2.14 bits per heavy atom. The van der Waals surface area contributed by atoms with E-state index >= 15 is 0 Å². The number of anilines is 1. The fourth-order valence-corrected chi connectivity index (χ4v) is 2.53. The summed E-state index contributed by atoms with van der Waals surface area (Å²) >= 11 is 0. The number of ether oxygens (including phenoxy) is 1. The van der Waals surface area contributed by atoms with Crippen molar-refractivity contribution in [3.8, 4) is 0 Å². The third-order valence-corrected chi connectivity index (χ3v) is 3.63. The van der Waals surface area contributed by atoms with Crippen LogP contribution in [0.15, 0.2) is 24.3 Å². The molecule has 0 saturated heterocycles. The van der Waals surface area contributed by atoms with Crippen LogP contribution < -0.4 is 5.32 Å². The fraction of sp³-hybridized carbons (Fsp3) is 0.400. The Bertz CT molecular complexity index is 668. The van der Waals surface area contributed by atoms with E-state index in [1.807, 2.05) is 25.1 Å². The van der Waals surface area contributed by atoms with Crippen LogP contribution in [0.3, 0.4) is 0 Å². The normalized spacial score (nSPS) is 21.0. The van der Waals surface area contributed by atoms with Gasteiger partial charge in [-0.2, -0.15) is 0 Å². The van der Waals surface area contributed by atoms with Gasteiger partial charge in [-0.05, 0) is 31.9 Å². The molecule has 0 unspecified atom stereocenters. The summed E-state index contributed by atoms with van der Waals surface area (Å²) in [6.45, 7) is 2.70. The summed E-state index contributed by atoms with van der Waals surface area (Å²) < 4.78 is 5.53. The topological polar surface area (TPSA) is 84.3 Å². The number of aromatic carboxylic acids is 1. The summed E-state index contributed by atoms with van der Waals surface area (Å²) in [5, 5.41) is 13.3. The molecule has 6 nitrogen and oxygen atoms in total. The fourth-order valence-electron chi connectivity index (χ4n) is 2.53. The highest BCUT2D eigenvalue weighted by molar-refractivity contribution is 5.93. The Morgan fingerprint density at radius 1 is 1.38 bits per heavy atom. The zero-order valence-corrected chi connectivity index (χ0v) is 11.7. The molecule has 0 amide bonds. The smallest absolute Gasteiger partial charge is 0.374 e. The monoisotopic (exact) mass is 287 g/mol. The summed E-state index contributed by atoms with van der Waals surface area (Å²) in [5.41, 5.74) is 0.632. The van der Waals surface area contributed by atoms with Crippen LogP contribution in [-0.2, 0) is 4.74 Å². The van der Waals surface area contributed by atoms with Crippen molar-refractivity contribution in [3.05, 3.63) is 30.1 Å². The molecule has 0 radical (unpaired) electrons. The number of para-hydroxylation sites is 1. The van der Waals surface area contributed by atoms with Gasteiger partial charge in [0.15, 0.2) is 0 Å². The molecule has 6 heteroatoms. The minimum Gasteiger partial charge on any atom is -0.475 e. The van der Waals surface area contributed by atoms with Gasteiger partial charge in [-0.15, -0.1) is 0 Å². The highest BCUT2D eigenvalue weighted by Gasteiger charge is 2.30. The minimum absolute atomic E-state index is 0.183. The molecule has 0 atom stereocenters. The molecule has 0 aliphatic heterocycles. The Balaban J connectivity index is 1.85. The Morgan fingerprint density at radius 3 is 2.86 bits per heavy atom. The first kappa shape index (κ1) is 13.8. The van der Waals surface area contributed by atoms with Crippen LogP contribution >= 0.6 is 0 Å². The number of carbonyl (C=O) groups is 1. The second-order valence-electron chi connectivity index (χ2n) is 5.11. The van der Waals surface area contributed by atoms with Gasteiger partial charge in [0.25, 0.3) is 0 Å². The molecular weight excluding hydrogens is 270 g/mol. The van der Waals surface area contributed by atoms with E-state index in [0.717, 1.165) is 24.8 Å². The molecule has 0 spiro atoms. The van der Waals surface area contributed by atoms with Gasteiger partial charge in [-0.1, -0.05) is 12.1 Å². The van der Waals surface area contributed by atoms with E-state index in [0.29, 0.717) is 17.4 Å². The first-order valence-electron chi connectivity index (χ1n) is 7.05. The average molecular weight is 287 g/mol. The molecule has 2 N–H and O–H groups in total. The van der Waals surface area contributed by atoms with Crippen LogP contribution in [0.25, 0.3) is 10.9 Å². The summed E-state index contributed by atoms with van der Waals surface area (Å²) in [7, 11) is 0. The molecule has 3 rings (SSSR count). The van der Waals surface area contributed by atoms with E-state index in [4.69, 9.17) is 9.84 Å². The van der Waals surface area contributed by atoms with Gasteiger partial charge in [0.05, 0.1) is 11.6 Å². The second kappa shape index (κ2) is 5.65. The standard InChI is InChI=1S/C15H17N3O3/c1-2-21-10-7-9(8-10)16-13-11-5-3-4-6-12(11)17-14(18-13)15(19)20/h3-6,9-10H,2,7-8H2,1H3,(H,19,20)(H,16,17,18). The number of nitrogens with zero attached hydrogens (tertiary/aromatic N) is 2. The molecule has 1 heterocycles. The SMILES string of the molecule is CCOC1CC(Nc2nc(C(=O)O)nc3ccccc23)C1. The summed E-state index contributed by atoms with van der Waals surface area (Å²) in [6, 6.07) is 7.67. The van der Waals surface area contributed by atoms with Gasteiger partial charge in [-0.25, -0.2) is 14.8 Å². The van der Waals surface area contributed by atoms with Crippen molar-refractivity contribution in [3.63, 3.8) is 0 Å². The number of hydrogen-bond acceptors (Lipinski definition) is 5. The van der Waals surface area contributed by atoms with Crippen LogP contribution in [0, 0.1) is 0 Å². The van der Waals surface area contributed by atoms with Crippen LogP contribution in [0.4, 0.5) is 5.82 Å². The Labute approximate surface area is 122 Å².